The van der Waals surface area contributed by atoms with Gasteiger partial charge >= 0.3 is 0 Å². The number of aryl methyl sites for hydroxylation is 1. The first kappa shape index (κ1) is 13.3. The molecule has 2 aromatic heterocycles. The highest BCUT2D eigenvalue weighted by Crippen LogP contribution is 2.29. The highest BCUT2D eigenvalue weighted by atomic mass is 79.9. The van der Waals surface area contributed by atoms with E-state index in [1.54, 1.807) is 17.5 Å². The Morgan fingerprint density at radius 3 is 3.00 bits per heavy atom. The summed E-state index contributed by atoms with van der Waals surface area (Å²) in [6.45, 7) is 2.69. The van der Waals surface area contributed by atoms with Crippen molar-refractivity contribution in [1.29, 1.82) is 0 Å². The number of benzene rings is 1. The Kier molecular flexibility index (Phi) is 3.58. The normalized spacial score (nSPS) is 10.9. The van der Waals surface area contributed by atoms with Crippen LogP contribution in [0.2, 0.25) is 0 Å². The van der Waals surface area contributed by atoms with Crippen molar-refractivity contribution in [3.63, 3.8) is 0 Å². The van der Waals surface area contributed by atoms with Gasteiger partial charge in [0.15, 0.2) is 0 Å². The molecule has 0 bridgehead atoms. The molecule has 0 atom stereocenters. The first-order valence-electron chi connectivity index (χ1n) is 6.12. The fourth-order valence-electron chi connectivity index (χ4n) is 2.01. The Morgan fingerprint density at radius 1 is 1.40 bits per heavy atom. The zero-order valence-electron chi connectivity index (χ0n) is 10.9. The van der Waals surface area contributed by atoms with Gasteiger partial charge in [-0.05, 0) is 41.1 Å². The number of thiazole rings is 1. The Labute approximate surface area is 129 Å². The van der Waals surface area contributed by atoms with Crippen LogP contribution in [0, 0.1) is 6.92 Å². The first-order valence-corrected chi connectivity index (χ1v) is 7.79. The molecule has 2 heterocycles. The number of pyridine rings is 1. The summed E-state index contributed by atoms with van der Waals surface area (Å²) in [7, 11) is 0. The number of nitrogens with one attached hydrogen (secondary N) is 1. The first-order chi connectivity index (χ1) is 9.63. The van der Waals surface area contributed by atoms with Crippen LogP contribution in [0.3, 0.4) is 0 Å². The van der Waals surface area contributed by atoms with E-state index in [1.165, 1.54) is 0 Å². The fraction of sp³-hybridized carbons (Fsp3) is 0.143. The summed E-state index contributed by atoms with van der Waals surface area (Å²) in [5.41, 5.74) is 9.63. The molecule has 3 rings (SSSR count). The van der Waals surface area contributed by atoms with Gasteiger partial charge in [-0.1, -0.05) is 0 Å². The van der Waals surface area contributed by atoms with E-state index in [4.69, 9.17) is 5.73 Å². The second kappa shape index (κ2) is 5.38. The van der Waals surface area contributed by atoms with Gasteiger partial charge in [0.2, 0.25) is 0 Å². The minimum atomic E-state index is 0.690. The SMILES string of the molecule is Cc1csc(CNc2ccc(N)c3cc(Br)cnc23)n1. The summed E-state index contributed by atoms with van der Waals surface area (Å²) in [6.07, 6.45) is 1.78. The largest absolute Gasteiger partial charge is 0.398 e. The van der Waals surface area contributed by atoms with Crippen molar-refractivity contribution in [2.45, 2.75) is 13.5 Å². The Morgan fingerprint density at radius 2 is 2.25 bits per heavy atom. The monoisotopic (exact) mass is 348 g/mol. The zero-order chi connectivity index (χ0) is 14.1. The van der Waals surface area contributed by atoms with Crippen LogP contribution in [0.15, 0.2) is 34.2 Å². The summed E-state index contributed by atoms with van der Waals surface area (Å²) in [5.74, 6) is 0. The number of fused-ring (bicyclic) bond motifs is 1. The standard InChI is InChI=1S/C14H13BrN4S/c1-8-7-20-13(19-8)6-17-12-3-2-11(16)10-4-9(15)5-18-14(10)12/h2-5,7,17H,6,16H2,1H3. The number of nitrogen functional groups attached to an aromatic ring is 1. The number of hydrogen-bond donors (Lipinski definition) is 2. The van der Waals surface area contributed by atoms with Crippen LogP contribution in [0.5, 0.6) is 0 Å². The lowest BCUT2D eigenvalue weighted by molar-refractivity contribution is 1.08. The summed E-state index contributed by atoms with van der Waals surface area (Å²) < 4.78 is 0.921. The molecule has 4 nitrogen and oxygen atoms in total. The van der Waals surface area contributed by atoms with Gasteiger partial charge < -0.3 is 11.1 Å². The van der Waals surface area contributed by atoms with Crippen LogP contribution in [0.4, 0.5) is 11.4 Å². The third-order valence-corrected chi connectivity index (χ3v) is 4.35. The lowest BCUT2D eigenvalue weighted by Crippen LogP contribution is -2.01. The quantitative estimate of drug-likeness (QED) is 0.703. The van der Waals surface area contributed by atoms with Crippen molar-refractivity contribution in [2.75, 3.05) is 11.1 Å². The number of aromatic nitrogens is 2. The lowest BCUT2D eigenvalue weighted by Gasteiger charge is -2.10. The third kappa shape index (κ3) is 2.62. The van der Waals surface area contributed by atoms with E-state index in [2.05, 4.69) is 31.2 Å². The summed E-state index contributed by atoms with van der Waals surface area (Å²) in [5, 5.41) is 7.43. The number of hydrogen-bond acceptors (Lipinski definition) is 5. The minimum absolute atomic E-state index is 0.690. The molecule has 0 fully saturated rings. The van der Waals surface area contributed by atoms with Crippen molar-refractivity contribution in [3.8, 4) is 0 Å². The predicted octanol–water partition coefficient (Wildman–Crippen LogP) is 3.96. The van der Waals surface area contributed by atoms with Gasteiger partial charge in [0.1, 0.15) is 5.01 Å². The molecular weight excluding hydrogens is 336 g/mol. The Bertz CT molecular complexity index is 769. The smallest absolute Gasteiger partial charge is 0.112 e. The van der Waals surface area contributed by atoms with Gasteiger partial charge in [-0.3, -0.25) is 4.98 Å². The fourth-order valence-corrected chi connectivity index (χ4v) is 3.06. The molecule has 0 spiro atoms. The molecule has 0 unspecified atom stereocenters. The van der Waals surface area contributed by atoms with Crippen molar-refractivity contribution in [2.24, 2.45) is 0 Å². The molecular formula is C14H13BrN4S. The van der Waals surface area contributed by atoms with Crippen LogP contribution >= 0.6 is 27.3 Å². The lowest BCUT2D eigenvalue weighted by atomic mass is 10.1. The van der Waals surface area contributed by atoms with Gasteiger partial charge in [-0.2, -0.15) is 0 Å². The van der Waals surface area contributed by atoms with Crippen molar-refractivity contribution in [1.82, 2.24) is 9.97 Å². The molecule has 3 N–H and O–H groups in total. The van der Waals surface area contributed by atoms with Gasteiger partial charge in [-0.25, -0.2) is 4.98 Å². The number of anilines is 2. The molecule has 0 aliphatic rings. The summed E-state index contributed by atoms with van der Waals surface area (Å²) in [6, 6.07) is 5.83. The van der Waals surface area contributed by atoms with Crippen molar-refractivity contribution < 1.29 is 0 Å². The summed E-state index contributed by atoms with van der Waals surface area (Å²) in [4.78, 5) is 8.89. The zero-order valence-corrected chi connectivity index (χ0v) is 13.3. The van der Waals surface area contributed by atoms with Crippen LogP contribution < -0.4 is 11.1 Å². The molecule has 0 saturated heterocycles. The maximum atomic E-state index is 6.01. The van der Waals surface area contributed by atoms with Crippen LogP contribution in [0.25, 0.3) is 10.9 Å². The van der Waals surface area contributed by atoms with Crippen molar-refractivity contribution >= 4 is 49.5 Å². The molecule has 3 aromatic rings. The van der Waals surface area contributed by atoms with Gasteiger partial charge in [0, 0.05) is 32.8 Å². The van der Waals surface area contributed by atoms with E-state index in [-0.39, 0.29) is 0 Å². The van der Waals surface area contributed by atoms with Gasteiger partial charge in [0.25, 0.3) is 0 Å². The van der Waals surface area contributed by atoms with Crippen LogP contribution in [-0.2, 0) is 6.54 Å². The van der Waals surface area contributed by atoms with Crippen LogP contribution in [-0.4, -0.2) is 9.97 Å². The Balaban J connectivity index is 1.93. The molecule has 1 aromatic carbocycles. The number of nitrogens with zero attached hydrogens (tertiary/aromatic N) is 2. The third-order valence-electron chi connectivity index (χ3n) is 2.95. The van der Waals surface area contributed by atoms with E-state index in [9.17, 15) is 0 Å². The molecule has 20 heavy (non-hydrogen) atoms. The highest BCUT2D eigenvalue weighted by molar-refractivity contribution is 9.10. The molecule has 102 valence electrons. The second-order valence-corrected chi connectivity index (χ2v) is 6.35. The van der Waals surface area contributed by atoms with Gasteiger partial charge in [-0.15, -0.1) is 11.3 Å². The van der Waals surface area contributed by atoms with Crippen molar-refractivity contribution in [3.05, 3.63) is 45.0 Å². The van der Waals surface area contributed by atoms with Gasteiger partial charge in [0.05, 0.1) is 17.7 Å². The molecule has 6 heteroatoms. The maximum absolute atomic E-state index is 6.01. The molecule has 0 aliphatic carbocycles. The van der Waals surface area contributed by atoms with E-state index in [0.717, 1.165) is 37.5 Å². The molecule has 0 aliphatic heterocycles. The van der Waals surface area contributed by atoms with E-state index in [0.29, 0.717) is 6.54 Å². The molecule has 0 saturated carbocycles. The topological polar surface area (TPSA) is 63.8 Å². The number of nitrogens with two attached hydrogens (primary N) is 1. The summed E-state index contributed by atoms with van der Waals surface area (Å²) >= 11 is 5.08. The van der Waals surface area contributed by atoms with E-state index in [1.807, 2.05) is 30.5 Å². The van der Waals surface area contributed by atoms with E-state index < -0.39 is 0 Å². The molecule has 0 amide bonds. The maximum Gasteiger partial charge on any atom is 0.112 e. The number of halogens is 1. The van der Waals surface area contributed by atoms with E-state index >= 15 is 0 Å². The number of rotatable bonds is 3. The Hall–Kier alpha value is -1.66. The average Bonchev–Trinajstić information content (AvgIpc) is 2.84. The minimum Gasteiger partial charge on any atom is -0.398 e. The second-order valence-electron chi connectivity index (χ2n) is 4.49. The van der Waals surface area contributed by atoms with Crippen LogP contribution in [0.1, 0.15) is 10.7 Å². The predicted molar refractivity (Wildman–Crippen MR) is 88.0 cm³/mol. The molecule has 0 radical (unpaired) electrons. The average molecular weight is 349 g/mol. The highest BCUT2D eigenvalue weighted by Gasteiger charge is 2.07.